The summed E-state index contributed by atoms with van der Waals surface area (Å²) >= 11 is 0. The normalized spacial score (nSPS) is 11.4. The second-order valence-corrected chi connectivity index (χ2v) is 6.17. The molecule has 0 heterocycles. The SMILES string of the molecule is CCNC(=NCC(C)(C)C(=O)NC)NCCCc1ccccc1.I. The summed E-state index contributed by atoms with van der Waals surface area (Å²) in [6.45, 7) is 7.92. The van der Waals surface area contributed by atoms with Gasteiger partial charge in [0.2, 0.25) is 5.91 Å². The van der Waals surface area contributed by atoms with Crippen LogP contribution in [0.2, 0.25) is 0 Å². The maximum absolute atomic E-state index is 11.8. The monoisotopic (exact) mass is 446 g/mol. The molecule has 0 atom stereocenters. The molecule has 3 N–H and O–H groups in total. The molecule has 0 fully saturated rings. The standard InChI is InChI=1S/C18H30N4O.HI/c1-5-20-17(22-14-18(2,3)16(23)19-4)21-13-9-12-15-10-7-6-8-11-15;/h6-8,10-11H,5,9,12-14H2,1-4H3,(H,19,23)(H2,20,21,22);1H. The maximum atomic E-state index is 11.8. The van der Waals surface area contributed by atoms with Crippen LogP contribution in [0.25, 0.3) is 0 Å². The van der Waals surface area contributed by atoms with Gasteiger partial charge in [0.15, 0.2) is 5.96 Å². The highest BCUT2D eigenvalue weighted by atomic mass is 127. The van der Waals surface area contributed by atoms with Gasteiger partial charge >= 0.3 is 0 Å². The topological polar surface area (TPSA) is 65.5 Å². The summed E-state index contributed by atoms with van der Waals surface area (Å²) in [6.07, 6.45) is 2.07. The molecule has 6 heteroatoms. The summed E-state index contributed by atoms with van der Waals surface area (Å²) in [5.74, 6) is 0.763. The van der Waals surface area contributed by atoms with E-state index in [4.69, 9.17) is 0 Å². The van der Waals surface area contributed by atoms with Crippen LogP contribution >= 0.6 is 24.0 Å². The minimum absolute atomic E-state index is 0. The van der Waals surface area contributed by atoms with Gasteiger partial charge < -0.3 is 16.0 Å². The number of hydrogen-bond acceptors (Lipinski definition) is 2. The van der Waals surface area contributed by atoms with Gasteiger partial charge in [-0.05, 0) is 39.2 Å². The number of nitrogens with zero attached hydrogens (tertiary/aromatic N) is 1. The number of carbonyl (C=O) groups is 1. The fourth-order valence-corrected chi connectivity index (χ4v) is 2.17. The van der Waals surface area contributed by atoms with Crippen LogP contribution in [0.1, 0.15) is 32.8 Å². The lowest BCUT2D eigenvalue weighted by Crippen LogP contribution is -2.41. The second kappa shape index (κ2) is 12.1. The van der Waals surface area contributed by atoms with Gasteiger partial charge in [0.25, 0.3) is 0 Å². The van der Waals surface area contributed by atoms with Crippen LogP contribution in [0.3, 0.4) is 0 Å². The molecule has 0 unspecified atom stereocenters. The van der Waals surface area contributed by atoms with E-state index in [0.29, 0.717) is 6.54 Å². The number of hydrogen-bond donors (Lipinski definition) is 3. The smallest absolute Gasteiger partial charge is 0.227 e. The molecule has 0 bridgehead atoms. The highest BCUT2D eigenvalue weighted by molar-refractivity contribution is 14.0. The van der Waals surface area contributed by atoms with Gasteiger partial charge in [0.05, 0.1) is 12.0 Å². The Hall–Kier alpha value is -1.31. The average Bonchev–Trinajstić information content (AvgIpc) is 2.56. The number of carbonyl (C=O) groups excluding carboxylic acids is 1. The van der Waals surface area contributed by atoms with Crippen LogP contribution < -0.4 is 16.0 Å². The number of amides is 1. The maximum Gasteiger partial charge on any atom is 0.227 e. The first-order chi connectivity index (χ1) is 11.0. The van der Waals surface area contributed by atoms with E-state index >= 15 is 0 Å². The lowest BCUT2D eigenvalue weighted by atomic mass is 9.93. The van der Waals surface area contributed by atoms with E-state index in [-0.39, 0.29) is 29.9 Å². The van der Waals surface area contributed by atoms with Gasteiger partial charge in [0.1, 0.15) is 0 Å². The molecule has 5 nitrogen and oxygen atoms in total. The van der Waals surface area contributed by atoms with Crippen molar-refractivity contribution in [2.45, 2.75) is 33.6 Å². The molecule has 0 saturated heterocycles. The highest BCUT2D eigenvalue weighted by Gasteiger charge is 2.26. The van der Waals surface area contributed by atoms with Crippen LogP contribution in [0.5, 0.6) is 0 Å². The quantitative estimate of drug-likeness (QED) is 0.249. The molecular weight excluding hydrogens is 415 g/mol. The van der Waals surface area contributed by atoms with Crippen LogP contribution in [0.4, 0.5) is 0 Å². The molecular formula is C18H31IN4O. The lowest BCUT2D eigenvalue weighted by Gasteiger charge is -2.21. The van der Waals surface area contributed by atoms with E-state index in [0.717, 1.165) is 31.9 Å². The van der Waals surface area contributed by atoms with Crippen molar-refractivity contribution in [3.05, 3.63) is 35.9 Å². The van der Waals surface area contributed by atoms with Gasteiger partial charge in [-0.2, -0.15) is 0 Å². The van der Waals surface area contributed by atoms with E-state index in [1.54, 1.807) is 7.05 Å². The van der Waals surface area contributed by atoms with E-state index in [1.807, 2.05) is 26.8 Å². The van der Waals surface area contributed by atoms with Crippen molar-refractivity contribution < 1.29 is 4.79 Å². The zero-order chi connectivity index (χ0) is 17.1. The van der Waals surface area contributed by atoms with Gasteiger partial charge in [-0.25, -0.2) is 0 Å². The van der Waals surface area contributed by atoms with Crippen LogP contribution in [-0.2, 0) is 11.2 Å². The fraction of sp³-hybridized carbons (Fsp3) is 0.556. The van der Waals surface area contributed by atoms with Gasteiger partial charge in [-0.3, -0.25) is 9.79 Å². The summed E-state index contributed by atoms with van der Waals surface area (Å²) in [7, 11) is 1.65. The number of nitrogens with one attached hydrogen (secondary N) is 3. The molecule has 136 valence electrons. The summed E-state index contributed by atoms with van der Waals surface area (Å²) < 4.78 is 0. The van der Waals surface area contributed by atoms with E-state index < -0.39 is 5.41 Å². The minimum atomic E-state index is -0.513. The molecule has 0 aliphatic rings. The Morgan fingerprint density at radius 2 is 1.83 bits per heavy atom. The summed E-state index contributed by atoms with van der Waals surface area (Å²) in [6, 6.07) is 10.5. The van der Waals surface area contributed by atoms with E-state index in [9.17, 15) is 4.79 Å². The fourth-order valence-electron chi connectivity index (χ4n) is 2.17. The van der Waals surface area contributed by atoms with Crippen molar-refractivity contribution in [2.75, 3.05) is 26.7 Å². The Kier molecular flexibility index (Phi) is 11.4. The average molecular weight is 446 g/mol. The van der Waals surface area contributed by atoms with E-state index in [2.05, 4.69) is 45.2 Å². The van der Waals surface area contributed by atoms with Crippen LogP contribution in [0, 0.1) is 5.41 Å². The third-order valence-electron chi connectivity index (χ3n) is 3.60. The first kappa shape index (κ1) is 22.7. The third-order valence-corrected chi connectivity index (χ3v) is 3.60. The van der Waals surface area contributed by atoms with Crippen molar-refractivity contribution in [1.82, 2.24) is 16.0 Å². The summed E-state index contributed by atoms with van der Waals surface area (Å²) in [4.78, 5) is 16.3. The van der Waals surface area contributed by atoms with Crippen molar-refractivity contribution >= 4 is 35.8 Å². The number of halogens is 1. The Labute approximate surface area is 163 Å². The molecule has 0 spiro atoms. The van der Waals surface area contributed by atoms with Crippen molar-refractivity contribution in [2.24, 2.45) is 10.4 Å². The van der Waals surface area contributed by atoms with Crippen molar-refractivity contribution in [3.63, 3.8) is 0 Å². The summed E-state index contributed by atoms with van der Waals surface area (Å²) in [5, 5.41) is 9.23. The van der Waals surface area contributed by atoms with Gasteiger partial charge in [-0.1, -0.05) is 30.3 Å². The molecule has 0 aliphatic carbocycles. The molecule has 1 amide bonds. The summed E-state index contributed by atoms with van der Waals surface area (Å²) in [5.41, 5.74) is 0.832. The number of benzene rings is 1. The molecule has 1 rings (SSSR count). The number of guanidine groups is 1. The first-order valence-electron chi connectivity index (χ1n) is 8.28. The van der Waals surface area contributed by atoms with Crippen molar-refractivity contribution in [3.8, 4) is 0 Å². The number of aliphatic imine (C=N–C) groups is 1. The molecule has 1 aromatic carbocycles. The molecule has 0 saturated carbocycles. The molecule has 24 heavy (non-hydrogen) atoms. The zero-order valence-electron chi connectivity index (χ0n) is 15.2. The molecule has 0 radical (unpaired) electrons. The third kappa shape index (κ3) is 8.52. The molecule has 1 aromatic rings. The zero-order valence-corrected chi connectivity index (χ0v) is 17.5. The predicted molar refractivity (Wildman–Crippen MR) is 112 cm³/mol. The molecule has 0 aliphatic heterocycles. The van der Waals surface area contributed by atoms with Gasteiger partial charge in [-0.15, -0.1) is 24.0 Å². The van der Waals surface area contributed by atoms with Crippen LogP contribution in [-0.4, -0.2) is 38.5 Å². The first-order valence-corrected chi connectivity index (χ1v) is 8.28. The number of rotatable bonds is 8. The predicted octanol–water partition coefficient (Wildman–Crippen LogP) is 2.56. The van der Waals surface area contributed by atoms with Gasteiger partial charge in [0, 0.05) is 20.1 Å². The Balaban J connectivity index is 0.00000529. The number of aryl methyl sites for hydroxylation is 1. The Bertz CT molecular complexity index is 503. The highest BCUT2D eigenvalue weighted by Crippen LogP contribution is 2.15. The second-order valence-electron chi connectivity index (χ2n) is 6.17. The Morgan fingerprint density at radius 1 is 1.17 bits per heavy atom. The minimum Gasteiger partial charge on any atom is -0.359 e. The molecule has 0 aromatic heterocycles. The van der Waals surface area contributed by atoms with Crippen molar-refractivity contribution in [1.29, 1.82) is 0 Å². The largest absolute Gasteiger partial charge is 0.359 e. The van der Waals surface area contributed by atoms with E-state index in [1.165, 1.54) is 5.56 Å². The lowest BCUT2D eigenvalue weighted by molar-refractivity contribution is -0.128. The van der Waals surface area contributed by atoms with Crippen LogP contribution in [0.15, 0.2) is 35.3 Å². The Morgan fingerprint density at radius 3 is 2.42 bits per heavy atom.